The lowest BCUT2D eigenvalue weighted by atomic mass is 10.2. The molecule has 0 fully saturated rings. The molecule has 1 heterocycles. The van der Waals surface area contributed by atoms with Gasteiger partial charge in [0.1, 0.15) is 24.0 Å². The maximum absolute atomic E-state index is 13.3. The molecule has 0 spiro atoms. The minimum atomic E-state index is -0.513. The van der Waals surface area contributed by atoms with E-state index in [1.165, 1.54) is 12.1 Å². The molecule has 0 aliphatic carbocycles. The molecule has 0 bridgehead atoms. The number of halogens is 1. The quantitative estimate of drug-likeness (QED) is 0.886. The Labute approximate surface area is 104 Å². The van der Waals surface area contributed by atoms with Gasteiger partial charge >= 0.3 is 0 Å². The lowest BCUT2D eigenvalue weighted by Gasteiger charge is -2.06. The largest absolute Gasteiger partial charge is 0.385 e. The van der Waals surface area contributed by atoms with Crippen molar-refractivity contribution in [2.75, 3.05) is 11.9 Å². The Hall–Kier alpha value is -2.42. The summed E-state index contributed by atoms with van der Waals surface area (Å²) in [5.74, 6) is 0.345. The third-order valence-corrected chi connectivity index (χ3v) is 2.57. The molecule has 0 aliphatic rings. The molecular weight excluding hydrogens is 233 g/mol. The summed E-state index contributed by atoms with van der Waals surface area (Å²) in [5, 5.41) is 19.4. The summed E-state index contributed by atoms with van der Waals surface area (Å²) in [6.07, 6.45) is 2.33. The zero-order chi connectivity index (χ0) is 13.0. The minimum absolute atomic E-state index is 0.0499. The first-order valence-corrected chi connectivity index (χ1v) is 5.47. The fourth-order valence-corrected chi connectivity index (χ4v) is 1.57. The van der Waals surface area contributed by atoms with E-state index in [9.17, 15) is 4.39 Å². The van der Waals surface area contributed by atoms with E-state index in [1.54, 1.807) is 18.5 Å². The van der Waals surface area contributed by atoms with Gasteiger partial charge in [0.2, 0.25) is 0 Å². The molecule has 1 N–H and O–H groups in total. The molecule has 0 atom stereocenters. The van der Waals surface area contributed by atoms with Gasteiger partial charge in [0, 0.05) is 25.7 Å². The second kappa shape index (κ2) is 5.27. The summed E-state index contributed by atoms with van der Waals surface area (Å²) in [7, 11) is 1.87. The van der Waals surface area contributed by atoms with Gasteiger partial charge in [-0.3, -0.25) is 0 Å². The van der Waals surface area contributed by atoms with Gasteiger partial charge in [-0.15, -0.1) is 10.2 Å². The van der Waals surface area contributed by atoms with Gasteiger partial charge in [-0.05, 0) is 18.2 Å². The zero-order valence-corrected chi connectivity index (χ0v) is 9.89. The second-order valence-corrected chi connectivity index (χ2v) is 3.84. The lowest BCUT2D eigenvalue weighted by molar-refractivity contribution is 0.624. The highest BCUT2D eigenvalue weighted by atomic mass is 19.1. The molecule has 5 nitrogen and oxygen atoms in total. The van der Waals surface area contributed by atoms with Gasteiger partial charge < -0.3 is 9.88 Å². The third kappa shape index (κ3) is 2.63. The summed E-state index contributed by atoms with van der Waals surface area (Å²) in [4.78, 5) is 0. The first-order valence-electron chi connectivity index (χ1n) is 5.47. The van der Waals surface area contributed by atoms with Crippen LogP contribution in [0.15, 0.2) is 24.5 Å². The van der Waals surface area contributed by atoms with Crippen molar-refractivity contribution in [3.05, 3.63) is 41.7 Å². The summed E-state index contributed by atoms with van der Waals surface area (Å²) in [5.41, 5.74) is 0.697. The Kier molecular flexibility index (Phi) is 3.53. The van der Waals surface area contributed by atoms with Gasteiger partial charge in [-0.2, -0.15) is 5.26 Å². The molecule has 18 heavy (non-hydrogen) atoms. The fourth-order valence-electron chi connectivity index (χ4n) is 1.57. The lowest BCUT2D eigenvalue weighted by Crippen LogP contribution is -2.08. The van der Waals surface area contributed by atoms with Crippen LogP contribution in [-0.4, -0.2) is 21.3 Å². The van der Waals surface area contributed by atoms with Crippen LogP contribution in [0.25, 0.3) is 0 Å². The van der Waals surface area contributed by atoms with Crippen molar-refractivity contribution >= 4 is 5.69 Å². The van der Waals surface area contributed by atoms with Crippen LogP contribution in [0.4, 0.5) is 10.1 Å². The SMILES string of the molecule is Cn1cnnc1CCNc1ccc(C#N)c(F)c1. The molecule has 0 aliphatic heterocycles. The topological polar surface area (TPSA) is 66.5 Å². The maximum Gasteiger partial charge on any atom is 0.143 e. The summed E-state index contributed by atoms with van der Waals surface area (Å²) >= 11 is 0. The van der Waals surface area contributed by atoms with E-state index in [4.69, 9.17) is 5.26 Å². The first-order chi connectivity index (χ1) is 8.70. The van der Waals surface area contributed by atoms with Crippen molar-refractivity contribution in [2.45, 2.75) is 6.42 Å². The van der Waals surface area contributed by atoms with Gasteiger partial charge in [-0.1, -0.05) is 0 Å². The van der Waals surface area contributed by atoms with E-state index in [0.717, 1.165) is 5.82 Å². The molecule has 2 aromatic rings. The van der Waals surface area contributed by atoms with E-state index in [1.807, 2.05) is 11.6 Å². The van der Waals surface area contributed by atoms with Crippen LogP contribution in [-0.2, 0) is 13.5 Å². The number of hydrogen-bond donors (Lipinski definition) is 1. The number of benzene rings is 1. The molecule has 92 valence electrons. The Morgan fingerprint density at radius 3 is 2.94 bits per heavy atom. The Morgan fingerprint density at radius 2 is 2.33 bits per heavy atom. The van der Waals surface area contributed by atoms with E-state index >= 15 is 0 Å². The molecule has 0 saturated carbocycles. The summed E-state index contributed by atoms with van der Waals surface area (Å²) in [6, 6.07) is 6.24. The number of rotatable bonds is 4. The summed E-state index contributed by atoms with van der Waals surface area (Å²) < 4.78 is 15.2. The molecule has 0 radical (unpaired) electrons. The Bertz CT molecular complexity index is 584. The van der Waals surface area contributed by atoms with E-state index in [-0.39, 0.29) is 5.56 Å². The first kappa shape index (κ1) is 12.0. The van der Waals surface area contributed by atoms with Gasteiger partial charge in [0.25, 0.3) is 0 Å². The highest BCUT2D eigenvalue weighted by Crippen LogP contribution is 2.13. The minimum Gasteiger partial charge on any atom is -0.385 e. The normalized spacial score (nSPS) is 10.1. The van der Waals surface area contributed by atoms with Crippen LogP contribution in [0.1, 0.15) is 11.4 Å². The molecule has 0 saturated heterocycles. The molecule has 1 aromatic heterocycles. The standard InChI is InChI=1S/C12H12FN5/c1-18-8-16-17-12(18)4-5-15-10-3-2-9(7-14)11(13)6-10/h2-3,6,8,15H,4-5H2,1H3. The van der Waals surface area contributed by atoms with Crippen molar-refractivity contribution in [1.82, 2.24) is 14.8 Å². The van der Waals surface area contributed by atoms with Crippen molar-refractivity contribution < 1.29 is 4.39 Å². The molecule has 6 heteroatoms. The molecule has 1 aromatic carbocycles. The highest BCUT2D eigenvalue weighted by Gasteiger charge is 2.03. The molecule has 2 rings (SSSR count). The Morgan fingerprint density at radius 1 is 1.50 bits per heavy atom. The van der Waals surface area contributed by atoms with E-state index in [0.29, 0.717) is 18.7 Å². The number of aromatic nitrogens is 3. The number of nitrogens with zero attached hydrogens (tertiary/aromatic N) is 4. The molecule has 0 amide bonds. The second-order valence-electron chi connectivity index (χ2n) is 3.84. The summed E-state index contributed by atoms with van der Waals surface area (Å²) in [6.45, 7) is 0.623. The number of nitrogens with one attached hydrogen (secondary N) is 1. The van der Waals surface area contributed by atoms with Crippen LogP contribution in [0.2, 0.25) is 0 Å². The molecular formula is C12H12FN5. The number of nitriles is 1. The van der Waals surface area contributed by atoms with Gasteiger partial charge in [0.05, 0.1) is 5.56 Å². The average molecular weight is 245 g/mol. The van der Waals surface area contributed by atoms with Crippen molar-refractivity contribution in [2.24, 2.45) is 7.05 Å². The van der Waals surface area contributed by atoms with E-state index in [2.05, 4.69) is 15.5 Å². The fraction of sp³-hybridized carbons (Fsp3) is 0.250. The Balaban J connectivity index is 1.93. The van der Waals surface area contributed by atoms with Crippen LogP contribution in [0, 0.1) is 17.1 Å². The average Bonchev–Trinajstić information content (AvgIpc) is 2.75. The number of anilines is 1. The maximum atomic E-state index is 13.3. The number of aryl methyl sites for hydroxylation is 1. The highest BCUT2D eigenvalue weighted by molar-refractivity contribution is 5.48. The van der Waals surface area contributed by atoms with Crippen molar-refractivity contribution in [3.63, 3.8) is 0 Å². The van der Waals surface area contributed by atoms with Crippen LogP contribution < -0.4 is 5.32 Å². The van der Waals surface area contributed by atoms with Crippen LogP contribution in [0.3, 0.4) is 0 Å². The van der Waals surface area contributed by atoms with Crippen molar-refractivity contribution in [1.29, 1.82) is 5.26 Å². The smallest absolute Gasteiger partial charge is 0.143 e. The monoisotopic (exact) mass is 245 g/mol. The van der Waals surface area contributed by atoms with Crippen molar-refractivity contribution in [3.8, 4) is 6.07 Å². The van der Waals surface area contributed by atoms with Gasteiger partial charge in [-0.25, -0.2) is 4.39 Å². The predicted molar refractivity (Wildman–Crippen MR) is 64.3 cm³/mol. The predicted octanol–water partition coefficient (Wildman–Crippen LogP) is 1.48. The third-order valence-electron chi connectivity index (χ3n) is 2.57. The zero-order valence-electron chi connectivity index (χ0n) is 9.89. The molecule has 0 unspecified atom stereocenters. The van der Waals surface area contributed by atoms with E-state index < -0.39 is 5.82 Å². The van der Waals surface area contributed by atoms with Crippen LogP contribution in [0.5, 0.6) is 0 Å². The number of hydrogen-bond acceptors (Lipinski definition) is 4. The van der Waals surface area contributed by atoms with Crippen LogP contribution >= 0.6 is 0 Å². The van der Waals surface area contributed by atoms with Gasteiger partial charge in [0.15, 0.2) is 0 Å².